The summed E-state index contributed by atoms with van der Waals surface area (Å²) in [5.74, 6) is 0.934. The Bertz CT molecular complexity index is 616. The van der Waals surface area contributed by atoms with Crippen molar-refractivity contribution in [3.05, 3.63) is 24.3 Å². The summed E-state index contributed by atoms with van der Waals surface area (Å²) in [6.07, 6.45) is 1.79. The molecule has 1 N–H and O–H groups in total. The lowest BCUT2D eigenvalue weighted by Crippen LogP contribution is -2.42. The summed E-state index contributed by atoms with van der Waals surface area (Å²) in [4.78, 5) is 26.2. The second kappa shape index (κ2) is 8.92. The molecule has 0 spiro atoms. The van der Waals surface area contributed by atoms with Crippen molar-refractivity contribution in [2.45, 2.75) is 52.6 Å². The zero-order valence-electron chi connectivity index (χ0n) is 16.2. The van der Waals surface area contributed by atoms with Crippen LogP contribution in [0, 0.1) is 5.92 Å². The van der Waals surface area contributed by atoms with Crippen molar-refractivity contribution in [3.8, 4) is 5.75 Å². The van der Waals surface area contributed by atoms with Crippen molar-refractivity contribution in [3.63, 3.8) is 0 Å². The summed E-state index contributed by atoms with van der Waals surface area (Å²) < 4.78 is 10.9. The number of nitrogens with one attached hydrogen (secondary N) is 1. The van der Waals surface area contributed by atoms with E-state index < -0.39 is 5.60 Å². The van der Waals surface area contributed by atoms with Crippen LogP contribution < -0.4 is 10.1 Å². The molecule has 2 rings (SSSR count). The minimum atomic E-state index is -0.484. The second-order valence-corrected chi connectivity index (χ2v) is 7.59. The van der Waals surface area contributed by atoms with Crippen LogP contribution in [0.1, 0.15) is 47.0 Å². The Morgan fingerprint density at radius 2 is 1.85 bits per heavy atom. The Hall–Kier alpha value is -2.24. The van der Waals surface area contributed by atoms with Gasteiger partial charge in [0.25, 0.3) is 0 Å². The van der Waals surface area contributed by atoms with Crippen LogP contribution in [0.2, 0.25) is 0 Å². The van der Waals surface area contributed by atoms with Crippen LogP contribution in [0.25, 0.3) is 0 Å². The first-order chi connectivity index (χ1) is 12.3. The molecule has 0 bridgehead atoms. The molecular formula is C20H30N2O4. The number of para-hydroxylation sites is 2. The molecule has 0 atom stereocenters. The van der Waals surface area contributed by atoms with E-state index in [1.54, 1.807) is 4.90 Å². The molecule has 0 aromatic heterocycles. The van der Waals surface area contributed by atoms with Gasteiger partial charge >= 0.3 is 6.09 Å². The van der Waals surface area contributed by atoms with Gasteiger partial charge in [-0.1, -0.05) is 12.1 Å². The number of nitrogens with zero attached hydrogens (tertiary/aromatic N) is 1. The van der Waals surface area contributed by atoms with E-state index in [0.717, 1.165) is 12.8 Å². The van der Waals surface area contributed by atoms with Gasteiger partial charge in [0, 0.05) is 19.5 Å². The van der Waals surface area contributed by atoms with E-state index in [-0.39, 0.29) is 17.9 Å². The van der Waals surface area contributed by atoms with Crippen LogP contribution in [0.15, 0.2) is 24.3 Å². The maximum Gasteiger partial charge on any atom is 0.410 e. The molecule has 1 aromatic rings. The summed E-state index contributed by atoms with van der Waals surface area (Å²) in [6.45, 7) is 9.31. The topological polar surface area (TPSA) is 67.9 Å². The number of hydrogen-bond acceptors (Lipinski definition) is 4. The van der Waals surface area contributed by atoms with E-state index >= 15 is 0 Å². The minimum Gasteiger partial charge on any atom is -0.492 e. The van der Waals surface area contributed by atoms with Crippen LogP contribution in [0.3, 0.4) is 0 Å². The molecule has 1 saturated heterocycles. The maximum atomic E-state index is 12.4. The van der Waals surface area contributed by atoms with Crippen molar-refractivity contribution in [2.75, 3.05) is 25.0 Å². The van der Waals surface area contributed by atoms with Crippen molar-refractivity contribution in [2.24, 2.45) is 5.92 Å². The number of benzene rings is 1. The summed E-state index contributed by atoms with van der Waals surface area (Å²) >= 11 is 0. The van der Waals surface area contributed by atoms with E-state index in [1.807, 2.05) is 52.0 Å². The highest BCUT2D eigenvalue weighted by Gasteiger charge is 2.27. The minimum absolute atomic E-state index is 0.0205. The molecular weight excluding hydrogens is 332 g/mol. The Kier molecular flexibility index (Phi) is 6.89. The molecule has 0 aliphatic carbocycles. The quantitative estimate of drug-likeness (QED) is 0.858. The maximum absolute atomic E-state index is 12.4. The molecule has 6 nitrogen and oxygen atoms in total. The SMILES string of the molecule is CCOc1ccccc1NC(=O)CC1CCN(C(=O)OC(C)(C)C)CC1. The van der Waals surface area contributed by atoms with Crippen LogP contribution in [0.5, 0.6) is 5.75 Å². The van der Waals surface area contributed by atoms with Crippen molar-refractivity contribution in [1.82, 2.24) is 4.90 Å². The van der Waals surface area contributed by atoms with Gasteiger partial charge in [0.1, 0.15) is 11.4 Å². The number of rotatable bonds is 5. The predicted octanol–water partition coefficient (Wildman–Crippen LogP) is 4.06. The molecule has 144 valence electrons. The third-order valence-electron chi connectivity index (χ3n) is 4.20. The van der Waals surface area contributed by atoms with E-state index in [2.05, 4.69) is 5.32 Å². The van der Waals surface area contributed by atoms with E-state index in [1.165, 1.54) is 0 Å². The van der Waals surface area contributed by atoms with E-state index in [0.29, 0.717) is 37.6 Å². The van der Waals surface area contributed by atoms with Gasteiger partial charge in [-0.3, -0.25) is 4.79 Å². The predicted molar refractivity (Wildman–Crippen MR) is 101 cm³/mol. The highest BCUT2D eigenvalue weighted by molar-refractivity contribution is 5.92. The third-order valence-corrected chi connectivity index (χ3v) is 4.20. The highest BCUT2D eigenvalue weighted by atomic mass is 16.6. The van der Waals surface area contributed by atoms with Gasteiger partial charge in [0.15, 0.2) is 0 Å². The summed E-state index contributed by atoms with van der Waals surface area (Å²) in [5, 5.41) is 2.94. The van der Waals surface area contributed by atoms with Crippen LogP contribution in [-0.2, 0) is 9.53 Å². The molecule has 1 aliphatic heterocycles. The average Bonchev–Trinajstić information content (AvgIpc) is 2.56. The molecule has 0 unspecified atom stereocenters. The number of hydrogen-bond donors (Lipinski definition) is 1. The second-order valence-electron chi connectivity index (χ2n) is 7.59. The lowest BCUT2D eigenvalue weighted by Gasteiger charge is -2.33. The number of carbonyl (C=O) groups is 2. The molecule has 1 aromatic carbocycles. The Labute approximate surface area is 155 Å². The number of amides is 2. The average molecular weight is 362 g/mol. The number of anilines is 1. The number of piperidine rings is 1. The van der Waals surface area contributed by atoms with Crippen LogP contribution >= 0.6 is 0 Å². The van der Waals surface area contributed by atoms with E-state index in [9.17, 15) is 9.59 Å². The fraction of sp³-hybridized carbons (Fsp3) is 0.600. The Morgan fingerprint density at radius 3 is 2.46 bits per heavy atom. The first-order valence-corrected chi connectivity index (χ1v) is 9.28. The van der Waals surface area contributed by atoms with Crippen LogP contribution in [-0.4, -0.2) is 42.2 Å². The molecule has 26 heavy (non-hydrogen) atoms. The molecule has 0 saturated carbocycles. The van der Waals surface area contributed by atoms with Crippen molar-refractivity contribution in [1.29, 1.82) is 0 Å². The fourth-order valence-corrected chi connectivity index (χ4v) is 2.96. The lowest BCUT2D eigenvalue weighted by atomic mass is 9.93. The monoisotopic (exact) mass is 362 g/mol. The summed E-state index contributed by atoms with van der Waals surface area (Å²) in [5.41, 5.74) is 0.215. The largest absolute Gasteiger partial charge is 0.492 e. The van der Waals surface area contributed by atoms with Gasteiger partial charge < -0.3 is 19.7 Å². The van der Waals surface area contributed by atoms with Gasteiger partial charge in [-0.05, 0) is 58.6 Å². The normalized spacial score (nSPS) is 15.5. The lowest BCUT2D eigenvalue weighted by molar-refractivity contribution is -0.117. The summed E-state index contributed by atoms with van der Waals surface area (Å²) in [6, 6.07) is 7.44. The standard InChI is InChI=1S/C20H30N2O4/c1-5-25-17-9-7-6-8-16(17)21-18(23)14-15-10-12-22(13-11-15)19(24)26-20(2,3)4/h6-9,15H,5,10-14H2,1-4H3,(H,21,23). The Morgan fingerprint density at radius 1 is 1.19 bits per heavy atom. The number of likely N-dealkylation sites (tertiary alicyclic amines) is 1. The number of ether oxygens (including phenoxy) is 2. The zero-order chi connectivity index (χ0) is 19.2. The summed E-state index contributed by atoms with van der Waals surface area (Å²) in [7, 11) is 0. The molecule has 6 heteroatoms. The van der Waals surface area contributed by atoms with Gasteiger partial charge in [-0.15, -0.1) is 0 Å². The van der Waals surface area contributed by atoms with Gasteiger partial charge in [0.2, 0.25) is 5.91 Å². The zero-order valence-corrected chi connectivity index (χ0v) is 16.2. The fourth-order valence-electron chi connectivity index (χ4n) is 2.96. The van der Waals surface area contributed by atoms with Crippen molar-refractivity contribution >= 4 is 17.7 Å². The van der Waals surface area contributed by atoms with Crippen molar-refractivity contribution < 1.29 is 19.1 Å². The first kappa shape index (κ1) is 20.1. The molecule has 1 fully saturated rings. The van der Waals surface area contributed by atoms with Gasteiger partial charge in [-0.2, -0.15) is 0 Å². The smallest absolute Gasteiger partial charge is 0.410 e. The van der Waals surface area contributed by atoms with Crippen LogP contribution in [0.4, 0.5) is 10.5 Å². The number of carbonyl (C=O) groups excluding carboxylic acids is 2. The third kappa shape index (κ3) is 6.24. The van der Waals surface area contributed by atoms with Gasteiger partial charge in [0.05, 0.1) is 12.3 Å². The molecule has 1 aliphatic rings. The molecule has 2 amide bonds. The first-order valence-electron chi connectivity index (χ1n) is 9.28. The molecule has 0 radical (unpaired) electrons. The highest BCUT2D eigenvalue weighted by Crippen LogP contribution is 2.26. The van der Waals surface area contributed by atoms with Gasteiger partial charge in [-0.25, -0.2) is 4.79 Å². The van der Waals surface area contributed by atoms with E-state index in [4.69, 9.17) is 9.47 Å². The molecule has 1 heterocycles. The Balaban J connectivity index is 1.80.